The lowest BCUT2D eigenvalue weighted by Gasteiger charge is -2.30. The summed E-state index contributed by atoms with van der Waals surface area (Å²) in [6.07, 6.45) is 9.48. The molecule has 1 fully saturated rings. The van der Waals surface area contributed by atoms with Gasteiger partial charge in [0.15, 0.2) is 0 Å². The molecule has 0 amide bonds. The molecule has 43 heavy (non-hydrogen) atoms. The highest BCUT2D eigenvalue weighted by atomic mass is 35.5. The Morgan fingerprint density at radius 1 is 1.05 bits per heavy atom. The van der Waals surface area contributed by atoms with Gasteiger partial charge in [-0.05, 0) is 48.2 Å². The SMILES string of the molecule is Cc1ccc([C@@]2(Cn3ccnc3)OCC(COc3ccc(CN(C)C/C=C/c4ccccc4)c4ccccc34)O2)c(Cl)c1. The maximum atomic E-state index is 6.71. The summed E-state index contributed by atoms with van der Waals surface area (Å²) in [7, 11) is 2.14. The predicted molar refractivity (Wildman–Crippen MR) is 172 cm³/mol. The van der Waals surface area contributed by atoms with E-state index in [1.54, 1.807) is 12.5 Å². The fourth-order valence-electron chi connectivity index (χ4n) is 5.57. The largest absolute Gasteiger partial charge is 0.490 e. The van der Waals surface area contributed by atoms with Gasteiger partial charge in [0.25, 0.3) is 0 Å². The monoisotopic (exact) mass is 593 g/mol. The van der Waals surface area contributed by atoms with Crippen molar-refractivity contribution >= 4 is 28.4 Å². The summed E-state index contributed by atoms with van der Waals surface area (Å²) >= 11 is 6.71. The Balaban J connectivity index is 1.15. The van der Waals surface area contributed by atoms with E-state index in [2.05, 4.69) is 89.7 Å². The lowest BCUT2D eigenvalue weighted by molar-refractivity contribution is -0.189. The van der Waals surface area contributed by atoms with E-state index < -0.39 is 5.79 Å². The van der Waals surface area contributed by atoms with Crippen LogP contribution in [0.5, 0.6) is 5.75 Å². The van der Waals surface area contributed by atoms with Crippen LogP contribution in [-0.2, 0) is 28.4 Å². The number of ether oxygens (including phenoxy) is 3. The highest BCUT2D eigenvalue weighted by Crippen LogP contribution is 2.40. The molecule has 5 aromatic rings. The van der Waals surface area contributed by atoms with Crippen molar-refractivity contribution in [2.45, 2.75) is 31.9 Å². The molecule has 7 heteroatoms. The summed E-state index contributed by atoms with van der Waals surface area (Å²) in [4.78, 5) is 6.50. The van der Waals surface area contributed by atoms with Gasteiger partial charge in [0.05, 0.1) is 19.5 Å². The van der Waals surface area contributed by atoms with E-state index in [9.17, 15) is 0 Å². The van der Waals surface area contributed by atoms with Crippen molar-refractivity contribution in [1.82, 2.24) is 14.5 Å². The van der Waals surface area contributed by atoms with Crippen LogP contribution in [0, 0.1) is 6.92 Å². The smallest absolute Gasteiger partial charge is 0.215 e. The molecule has 2 heterocycles. The molecular formula is C36H36ClN3O3. The Kier molecular flexibility index (Phi) is 8.91. The van der Waals surface area contributed by atoms with Crippen LogP contribution in [0.15, 0.2) is 110 Å². The fourth-order valence-corrected chi connectivity index (χ4v) is 5.95. The zero-order valence-corrected chi connectivity index (χ0v) is 25.3. The van der Waals surface area contributed by atoms with Gasteiger partial charge in [-0.25, -0.2) is 4.98 Å². The Labute approximate surface area is 258 Å². The second kappa shape index (κ2) is 13.1. The molecule has 4 aromatic carbocycles. The molecule has 1 saturated heterocycles. The van der Waals surface area contributed by atoms with Gasteiger partial charge in [-0.1, -0.05) is 96.5 Å². The number of likely N-dealkylation sites (N-methyl/N-ethyl adjacent to an activating group) is 1. The number of nitrogens with zero attached hydrogens (tertiary/aromatic N) is 3. The molecule has 0 spiro atoms. The van der Waals surface area contributed by atoms with Crippen molar-refractivity contribution in [3.63, 3.8) is 0 Å². The van der Waals surface area contributed by atoms with Gasteiger partial charge in [0.2, 0.25) is 5.79 Å². The molecule has 1 unspecified atom stereocenters. The molecule has 6 nitrogen and oxygen atoms in total. The molecule has 2 atom stereocenters. The topological polar surface area (TPSA) is 48.8 Å². The quantitative estimate of drug-likeness (QED) is 0.159. The predicted octanol–water partition coefficient (Wildman–Crippen LogP) is 7.49. The maximum Gasteiger partial charge on any atom is 0.215 e. The molecule has 1 aromatic heterocycles. The van der Waals surface area contributed by atoms with Crippen molar-refractivity contribution in [1.29, 1.82) is 0 Å². The van der Waals surface area contributed by atoms with Crippen LogP contribution in [0.3, 0.4) is 0 Å². The number of rotatable bonds is 11. The van der Waals surface area contributed by atoms with E-state index in [1.165, 1.54) is 16.5 Å². The van der Waals surface area contributed by atoms with E-state index in [4.69, 9.17) is 25.8 Å². The lowest BCUT2D eigenvalue weighted by atomic mass is 10.0. The second-order valence-electron chi connectivity index (χ2n) is 11.1. The third kappa shape index (κ3) is 6.84. The third-order valence-corrected chi connectivity index (χ3v) is 8.02. The van der Waals surface area contributed by atoms with Crippen LogP contribution >= 0.6 is 11.6 Å². The average Bonchev–Trinajstić information content (AvgIpc) is 3.68. The number of hydrogen-bond acceptors (Lipinski definition) is 5. The molecule has 6 rings (SSSR count). The lowest BCUT2D eigenvalue weighted by Crippen LogP contribution is -2.34. The number of halogens is 1. The highest BCUT2D eigenvalue weighted by Gasteiger charge is 2.45. The molecule has 1 aliphatic rings. The second-order valence-corrected chi connectivity index (χ2v) is 11.5. The molecule has 0 saturated carbocycles. The number of imidazole rings is 1. The highest BCUT2D eigenvalue weighted by molar-refractivity contribution is 6.31. The summed E-state index contributed by atoms with van der Waals surface area (Å²) in [6.45, 7) is 4.86. The number of aromatic nitrogens is 2. The van der Waals surface area contributed by atoms with Crippen molar-refractivity contribution in [2.75, 3.05) is 26.8 Å². The van der Waals surface area contributed by atoms with Crippen LogP contribution in [0.25, 0.3) is 16.8 Å². The Morgan fingerprint density at radius 2 is 1.86 bits per heavy atom. The Hall–Kier alpha value is -3.94. The normalized spacial score (nSPS) is 18.7. The van der Waals surface area contributed by atoms with Gasteiger partial charge in [0.1, 0.15) is 18.5 Å². The average molecular weight is 594 g/mol. The van der Waals surface area contributed by atoms with Gasteiger partial charge in [-0.3, -0.25) is 4.90 Å². The Bertz CT molecular complexity index is 1690. The molecule has 0 bridgehead atoms. The van der Waals surface area contributed by atoms with E-state index in [-0.39, 0.29) is 6.10 Å². The summed E-state index contributed by atoms with van der Waals surface area (Å²) in [5, 5.41) is 2.88. The van der Waals surface area contributed by atoms with Gasteiger partial charge < -0.3 is 18.8 Å². The van der Waals surface area contributed by atoms with E-state index in [0.29, 0.717) is 24.8 Å². The minimum Gasteiger partial charge on any atom is -0.490 e. The first-order valence-corrected chi connectivity index (χ1v) is 14.9. The van der Waals surface area contributed by atoms with Crippen LogP contribution in [-0.4, -0.2) is 47.4 Å². The molecule has 220 valence electrons. The molecule has 0 N–H and O–H groups in total. The standard InChI is InChI=1S/C36H36ClN3O3/c1-27-14-16-33(34(37)21-27)36(25-40-20-18-38-26-40)42-24-30(43-36)23-41-35-17-15-29(31-12-6-7-13-32(31)35)22-39(2)19-8-11-28-9-4-3-5-10-28/h3-18,20-21,26,30H,19,22-25H2,1-2H3/b11-8+/t30?,36-/m0/s1. The van der Waals surface area contributed by atoms with E-state index in [1.807, 2.05) is 42.0 Å². The number of aryl methyl sites for hydroxylation is 1. The summed E-state index contributed by atoms with van der Waals surface area (Å²) in [5.41, 5.74) is 4.34. The summed E-state index contributed by atoms with van der Waals surface area (Å²) in [6, 6.07) is 29.0. The van der Waals surface area contributed by atoms with Crippen LogP contribution in [0.1, 0.15) is 22.3 Å². The maximum absolute atomic E-state index is 6.71. The molecule has 1 aliphatic heterocycles. The van der Waals surface area contributed by atoms with Crippen molar-refractivity contribution in [3.05, 3.63) is 137 Å². The number of fused-ring (bicyclic) bond motifs is 1. The zero-order chi connectivity index (χ0) is 29.6. The zero-order valence-electron chi connectivity index (χ0n) is 24.5. The molecule has 0 aliphatic carbocycles. The van der Waals surface area contributed by atoms with Gasteiger partial charge >= 0.3 is 0 Å². The number of hydrogen-bond donors (Lipinski definition) is 0. The van der Waals surface area contributed by atoms with Gasteiger partial charge in [0, 0.05) is 41.5 Å². The van der Waals surface area contributed by atoms with E-state index in [0.717, 1.165) is 35.4 Å². The van der Waals surface area contributed by atoms with E-state index >= 15 is 0 Å². The molecule has 0 radical (unpaired) electrons. The summed E-state index contributed by atoms with van der Waals surface area (Å²) < 4.78 is 21.4. The molecular weight excluding hydrogens is 558 g/mol. The van der Waals surface area contributed by atoms with Crippen molar-refractivity contribution in [2.24, 2.45) is 0 Å². The first kappa shape index (κ1) is 29.1. The third-order valence-electron chi connectivity index (χ3n) is 7.71. The first-order chi connectivity index (χ1) is 21.0. The minimum atomic E-state index is -1.04. The first-order valence-electron chi connectivity index (χ1n) is 14.6. The van der Waals surface area contributed by atoms with Gasteiger partial charge in [-0.15, -0.1) is 0 Å². The van der Waals surface area contributed by atoms with Crippen LogP contribution in [0.4, 0.5) is 0 Å². The van der Waals surface area contributed by atoms with Gasteiger partial charge in [-0.2, -0.15) is 0 Å². The van der Waals surface area contributed by atoms with Crippen molar-refractivity contribution < 1.29 is 14.2 Å². The summed E-state index contributed by atoms with van der Waals surface area (Å²) in [5.74, 6) is -0.208. The Morgan fingerprint density at radius 3 is 2.65 bits per heavy atom. The van der Waals surface area contributed by atoms with Crippen LogP contribution < -0.4 is 4.74 Å². The van der Waals surface area contributed by atoms with Crippen LogP contribution in [0.2, 0.25) is 5.02 Å². The number of benzene rings is 4. The minimum absolute atomic E-state index is 0.276. The van der Waals surface area contributed by atoms with Crippen molar-refractivity contribution in [3.8, 4) is 5.75 Å². The fraction of sp³-hybridized carbons (Fsp3) is 0.250.